The van der Waals surface area contributed by atoms with Crippen LogP contribution in [0.15, 0.2) is 29.2 Å². The number of halogens is 1. The van der Waals surface area contributed by atoms with Gasteiger partial charge in [-0.3, -0.25) is 0 Å². The highest BCUT2D eigenvalue weighted by molar-refractivity contribution is 7.89. The molecule has 1 atom stereocenters. The van der Waals surface area contributed by atoms with Gasteiger partial charge < -0.3 is 9.47 Å². The molecular weight excluding hydrogens is 333 g/mol. The molecule has 1 spiro atoms. The molecule has 2 fully saturated rings. The summed E-state index contributed by atoms with van der Waals surface area (Å²) in [4.78, 5) is -0.246. The van der Waals surface area contributed by atoms with Crippen LogP contribution >= 0.6 is 0 Å². The zero-order chi connectivity index (χ0) is 17.2. The van der Waals surface area contributed by atoms with Gasteiger partial charge in [-0.05, 0) is 43.7 Å². The monoisotopic (exact) mass is 357 g/mol. The van der Waals surface area contributed by atoms with Gasteiger partial charge in [0.05, 0.1) is 5.60 Å². The van der Waals surface area contributed by atoms with E-state index in [4.69, 9.17) is 9.47 Å². The van der Waals surface area contributed by atoms with Crippen LogP contribution in [0.1, 0.15) is 25.7 Å². The molecule has 3 rings (SSSR count). The van der Waals surface area contributed by atoms with Gasteiger partial charge >= 0.3 is 0 Å². The standard InChI is InChI=1S/C17H24FNO4S/c1-22-12-6-14-7-13-23-17(14)8-10-19(11-9-17)24(20,21)16-5-3-2-4-15(16)18/h2-5,14H,6-13H2,1H3/t14-/m0/s1. The Balaban J connectivity index is 1.72. The van der Waals surface area contributed by atoms with Crippen molar-refractivity contribution >= 4 is 10.0 Å². The maximum Gasteiger partial charge on any atom is 0.245 e. The van der Waals surface area contributed by atoms with Gasteiger partial charge in [-0.15, -0.1) is 0 Å². The molecule has 0 aliphatic carbocycles. The smallest absolute Gasteiger partial charge is 0.245 e. The van der Waals surface area contributed by atoms with Gasteiger partial charge in [-0.2, -0.15) is 4.31 Å². The lowest BCUT2D eigenvalue weighted by molar-refractivity contribution is -0.0603. The van der Waals surface area contributed by atoms with Gasteiger partial charge in [0.1, 0.15) is 10.7 Å². The first-order valence-electron chi connectivity index (χ1n) is 8.37. The molecule has 2 heterocycles. The summed E-state index contributed by atoms with van der Waals surface area (Å²) in [5.74, 6) is -0.302. The van der Waals surface area contributed by atoms with Crippen molar-refractivity contribution in [3.05, 3.63) is 30.1 Å². The average Bonchev–Trinajstić information content (AvgIpc) is 2.95. The van der Waals surface area contributed by atoms with Crippen LogP contribution in [0.3, 0.4) is 0 Å². The Morgan fingerprint density at radius 1 is 1.33 bits per heavy atom. The molecule has 2 aliphatic rings. The number of hydrogen-bond acceptors (Lipinski definition) is 4. The van der Waals surface area contributed by atoms with Crippen LogP contribution in [0.5, 0.6) is 0 Å². The highest BCUT2D eigenvalue weighted by atomic mass is 32.2. The molecule has 2 aliphatic heterocycles. The minimum absolute atomic E-state index is 0.246. The maximum atomic E-state index is 13.9. The fourth-order valence-electron chi connectivity index (χ4n) is 3.90. The van der Waals surface area contributed by atoms with Crippen molar-refractivity contribution in [3.63, 3.8) is 0 Å². The SMILES string of the molecule is COCC[C@H]1CCOC12CCN(S(=O)(=O)c1ccccc1F)CC2. The van der Waals surface area contributed by atoms with Gasteiger partial charge in [0, 0.05) is 33.4 Å². The molecule has 134 valence electrons. The zero-order valence-electron chi connectivity index (χ0n) is 13.9. The first-order valence-corrected chi connectivity index (χ1v) is 9.81. The molecule has 24 heavy (non-hydrogen) atoms. The number of rotatable bonds is 5. The molecule has 1 aromatic rings. The van der Waals surface area contributed by atoms with E-state index >= 15 is 0 Å². The molecule has 0 saturated carbocycles. The largest absolute Gasteiger partial charge is 0.385 e. The minimum Gasteiger partial charge on any atom is -0.385 e. The Labute approximate surface area is 142 Å². The molecule has 0 amide bonds. The Kier molecular flexibility index (Phi) is 5.24. The lowest BCUT2D eigenvalue weighted by Crippen LogP contribution is -2.49. The van der Waals surface area contributed by atoms with E-state index in [1.165, 1.54) is 22.5 Å². The zero-order valence-corrected chi connectivity index (χ0v) is 14.7. The Bertz CT molecular complexity index is 671. The minimum atomic E-state index is -3.80. The van der Waals surface area contributed by atoms with Gasteiger partial charge in [0.25, 0.3) is 0 Å². The van der Waals surface area contributed by atoms with E-state index in [1.54, 1.807) is 13.2 Å². The third kappa shape index (κ3) is 3.22. The second kappa shape index (κ2) is 7.07. The van der Waals surface area contributed by atoms with Crippen molar-refractivity contribution in [2.45, 2.75) is 36.2 Å². The summed E-state index contributed by atoms with van der Waals surface area (Å²) >= 11 is 0. The van der Waals surface area contributed by atoms with Gasteiger partial charge in [-0.1, -0.05) is 12.1 Å². The molecule has 0 bridgehead atoms. The highest BCUT2D eigenvalue weighted by Crippen LogP contribution is 2.43. The quantitative estimate of drug-likeness (QED) is 0.812. The Morgan fingerprint density at radius 2 is 2.04 bits per heavy atom. The normalized spacial score (nSPS) is 24.5. The molecule has 7 heteroatoms. The van der Waals surface area contributed by atoms with E-state index in [2.05, 4.69) is 0 Å². The summed E-state index contributed by atoms with van der Waals surface area (Å²) < 4.78 is 51.9. The van der Waals surface area contributed by atoms with Crippen LogP contribution in [0.2, 0.25) is 0 Å². The number of piperidine rings is 1. The van der Waals surface area contributed by atoms with Crippen LogP contribution in [-0.4, -0.2) is 51.7 Å². The topological polar surface area (TPSA) is 55.8 Å². The summed E-state index contributed by atoms with van der Waals surface area (Å²) in [5.41, 5.74) is -0.250. The molecular formula is C17H24FNO4S. The summed E-state index contributed by atoms with van der Waals surface area (Å²) in [6.07, 6.45) is 3.21. The van der Waals surface area contributed by atoms with E-state index in [-0.39, 0.29) is 10.5 Å². The molecule has 2 saturated heterocycles. The van der Waals surface area contributed by atoms with Crippen molar-refractivity contribution < 1.29 is 22.3 Å². The molecule has 0 aromatic heterocycles. The van der Waals surface area contributed by atoms with Crippen LogP contribution in [0.25, 0.3) is 0 Å². The number of ether oxygens (including phenoxy) is 2. The predicted octanol–water partition coefficient (Wildman–Crippen LogP) is 2.42. The van der Waals surface area contributed by atoms with Gasteiger partial charge in [0.2, 0.25) is 10.0 Å². The number of sulfonamides is 1. The molecule has 0 unspecified atom stereocenters. The van der Waals surface area contributed by atoms with Crippen LogP contribution < -0.4 is 0 Å². The van der Waals surface area contributed by atoms with Crippen molar-refractivity contribution in [1.82, 2.24) is 4.31 Å². The molecule has 0 radical (unpaired) electrons. The highest BCUT2D eigenvalue weighted by Gasteiger charge is 2.47. The second-order valence-electron chi connectivity index (χ2n) is 6.51. The van der Waals surface area contributed by atoms with Crippen molar-refractivity contribution in [3.8, 4) is 0 Å². The number of nitrogens with zero attached hydrogens (tertiary/aromatic N) is 1. The van der Waals surface area contributed by atoms with Crippen LogP contribution in [0, 0.1) is 11.7 Å². The fraction of sp³-hybridized carbons (Fsp3) is 0.647. The van der Waals surface area contributed by atoms with Crippen LogP contribution in [0.4, 0.5) is 4.39 Å². The molecule has 0 N–H and O–H groups in total. The lowest BCUT2D eigenvalue weighted by Gasteiger charge is -2.41. The van der Waals surface area contributed by atoms with E-state index in [1.807, 2.05) is 0 Å². The summed E-state index contributed by atoms with van der Waals surface area (Å²) in [7, 11) is -2.11. The van der Waals surface area contributed by atoms with E-state index in [0.717, 1.165) is 12.8 Å². The summed E-state index contributed by atoms with van der Waals surface area (Å²) in [6, 6.07) is 5.54. The molecule has 1 aromatic carbocycles. The number of benzene rings is 1. The Morgan fingerprint density at radius 3 is 2.71 bits per heavy atom. The second-order valence-corrected chi connectivity index (χ2v) is 8.42. The van der Waals surface area contributed by atoms with E-state index in [0.29, 0.717) is 45.1 Å². The van der Waals surface area contributed by atoms with Gasteiger partial charge in [-0.25, -0.2) is 12.8 Å². The van der Waals surface area contributed by atoms with E-state index < -0.39 is 15.8 Å². The van der Waals surface area contributed by atoms with Gasteiger partial charge in [0.15, 0.2) is 0 Å². The van der Waals surface area contributed by atoms with Crippen molar-refractivity contribution in [1.29, 1.82) is 0 Å². The molecule has 5 nitrogen and oxygen atoms in total. The summed E-state index contributed by atoms with van der Waals surface area (Å²) in [6.45, 7) is 2.13. The first-order chi connectivity index (χ1) is 11.5. The first kappa shape index (κ1) is 17.8. The number of hydrogen-bond donors (Lipinski definition) is 0. The fourth-order valence-corrected chi connectivity index (χ4v) is 5.41. The number of methoxy groups -OCH3 is 1. The maximum absolute atomic E-state index is 13.9. The van der Waals surface area contributed by atoms with Crippen LogP contribution in [-0.2, 0) is 19.5 Å². The third-order valence-corrected chi connectivity index (χ3v) is 7.23. The van der Waals surface area contributed by atoms with Crippen molar-refractivity contribution in [2.24, 2.45) is 5.92 Å². The Hall–Kier alpha value is -1.02. The lowest BCUT2D eigenvalue weighted by atomic mass is 9.78. The third-order valence-electron chi connectivity index (χ3n) is 5.29. The van der Waals surface area contributed by atoms with E-state index in [9.17, 15) is 12.8 Å². The average molecular weight is 357 g/mol. The van der Waals surface area contributed by atoms with Crippen molar-refractivity contribution in [2.75, 3.05) is 33.4 Å². The summed E-state index contributed by atoms with van der Waals surface area (Å²) in [5, 5.41) is 0. The predicted molar refractivity (Wildman–Crippen MR) is 87.7 cm³/mol.